The predicted octanol–water partition coefficient (Wildman–Crippen LogP) is 4.66. The summed E-state index contributed by atoms with van der Waals surface area (Å²) in [7, 11) is 0. The maximum Gasteiger partial charge on any atom is 0.296 e. The molecular formula is C22H16BrNO4. The SMILES string of the molecule is O=C1C(=O)N(Cc2ccco2)C(c2ccccc2)/C1=C(/O)c1ccc(Br)cc1. The van der Waals surface area contributed by atoms with Gasteiger partial charge in [-0.15, -0.1) is 0 Å². The molecule has 140 valence electrons. The number of ketones is 1. The third kappa shape index (κ3) is 3.27. The number of rotatable bonds is 4. The molecule has 5 nitrogen and oxygen atoms in total. The maximum absolute atomic E-state index is 12.9. The molecule has 1 N–H and O–H groups in total. The zero-order valence-corrected chi connectivity index (χ0v) is 16.3. The molecule has 4 rings (SSSR count). The van der Waals surface area contributed by atoms with E-state index in [-0.39, 0.29) is 17.9 Å². The molecule has 2 heterocycles. The van der Waals surface area contributed by atoms with Crippen molar-refractivity contribution in [3.05, 3.63) is 99.9 Å². The molecule has 2 aromatic carbocycles. The van der Waals surface area contributed by atoms with Crippen molar-refractivity contribution < 1.29 is 19.1 Å². The number of nitrogens with zero attached hydrogens (tertiary/aromatic N) is 1. The second kappa shape index (κ2) is 7.48. The third-order valence-corrected chi connectivity index (χ3v) is 5.21. The molecule has 0 aliphatic carbocycles. The summed E-state index contributed by atoms with van der Waals surface area (Å²) in [4.78, 5) is 27.1. The van der Waals surface area contributed by atoms with Crippen molar-refractivity contribution in [1.82, 2.24) is 4.90 Å². The number of furan rings is 1. The number of hydrogen-bond acceptors (Lipinski definition) is 4. The van der Waals surface area contributed by atoms with Crippen molar-refractivity contribution in [2.75, 3.05) is 0 Å². The zero-order valence-electron chi connectivity index (χ0n) is 14.7. The van der Waals surface area contributed by atoms with E-state index in [1.165, 1.54) is 11.2 Å². The van der Waals surface area contributed by atoms with Crippen LogP contribution in [0.2, 0.25) is 0 Å². The monoisotopic (exact) mass is 437 g/mol. The van der Waals surface area contributed by atoms with E-state index in [0.717, 1.165) is 10.0 Å². The number of aliphatic hydroxyl groups is 1. The minimum Gasteiger partial charge on any atom is -0.507 e. The number of hydrogen-bond donors (Lipinski definition) is 1. The molecule has 0 spiro atoms. The fourth-order valence-corrected chi connectivity index (χ4v) is 3.62. The molecule has 1 aliphatic rings. The van der Waals surface area contributed by atoms with E-state index in [0.29, 0.717) is 11.3 Å². The quantitative estimate of drug-likeness (QED) is 0.365. The van der Waals surface area contributed by atoms with Gasteiger partial charge in [0.2, 0.25) is 0 Å². The predicted molar refractivity (Wildman–Crippen MR) is 107 cm³/mol. The molecule has 3 aromatic rings. The van der Waals surface area contributed by atoms with E-state index in [1.54, 1.807) is 36.4 Å². The van der Waals surface area contributed by atoms with E-state index in [9.17, 15) is 14.7 Å². The van der Waals surface area contributed by atoms with Crippen LogP contribution in [0.1, 0.15) is 22.9 Å². The molecule has 28 heavy (non-hydrogen) atoms. The van der Waals surface area contributed by atoms with Gasteiger partial charge in [-0.2, -0.15) is 0 Å². The van der Waals surface area contributed by atoms with Crippen LogP contribution in [0.3, 0.4) is 0 Å². The summed E-state index contributed by atoms with van der Waals surface area (Å²) in [6, 6.07) is 18.9. The topological polar surface area (TPSA) is 70.8 Å². The summed E-state index contributed by atoms with van der Waals surface area (Å²) >= 11 is 3.35. The van der Waals surface area contributed by atoms with Gasteiger partial charge >= 0.3 is 0 Å². The van der Waals surface area contributed by atoms with Crippen molar-refractivity contribution >= 4 is 33.4 Å². The Morgan fingerprint density at radius 2 is 1.71 bits per heavy atom. The van der Waals surface area contributed by atoms with Crippen LogP contribution >= 0.6 is 15.9 Å². The van der Waals surface area contributed by atoms with Gasteiger partial charge in [-0.25, -0.2) is 0 Å². The summed E-state index contributed by atoms with van der Waals surface area (Å²) in [5, 5.41) is 10.9. The van der Waals surface area contributed by atoms with Crippen LogP contribution in [-0.4, -0.2) is 21.7 Å². The number of halogens is 1. The minimum atomic E-state index is -0.708. The van der Waals surface area contributed by atoms with Crippen LogP contribution in [0, 0.1) is 0 Å². The fraction of sp³-hybridized carbons (Fsp3) is 0.0909. The van der Waals surface area contributed by atoms with Crippen molar-refractivity contribution in [2.45, 2.75) is 12.6 Å². The van der Waals surface area contributed by atoms with Gasteiger partial charge in [0.05, 0.1) is 24.4 Å². The molecule has 0 bridgehead atoms. The Hall–Kier alpha value is -3.12. The first kappa shape index (κ1) is 18.3. The standard InChI is InChI=1S/C22H16BrNO4/c23-16-10-8-15(9-11-16)20(25)18-19(14-5-2-1-3-6-14)24(22(27)21(18)26)13-17-7-4-12-28-17/h1-12,19,25H,13H2/b20-18-. The van der Waals surface area contributed by atoms with Crippen LogP contribution in [-0.2, 0) is 16.1 Å². The van der Waals surface area contributed by atoms with E-state index in [1.807, 2.05) is 30.3 Å². The van der Waals surface area contributed by atoms with Gasteiger partial charge in [-0.1, -0.05) is 58.4 Å². The average Bonchev–Trinajstić information content (AvgIpc) is 3.31. The van der Waals surface area contributed by atoms with Crippen LogP contribution < -0.4 is 0 Å². The van der Waals surface area contributed by atoms with Crippen LogP contribution in [0.25, 0.3) is 5.76 Å². The second-order valence-corrected chi connectivity index (χ2v) is 7.34. The van der Waals surface area contributed by atoms with Crippen molar-refractivity contribution in [2.24, 2.45) is 0 Å². The number of amides is 1. The molecule has 6 heteroatoms. The highest BCUT2D eigenvalue weighted by Crippen LogP contribution is 2.40. The molecule has 1 aromatic heterocycles. The fourth-order valence-electron chi connectivity index (χ4n) is 3.36. The Bertz CT molecular complexity index is 1040. The number of likely N-dealkylation sites (tertiary alicyclic amines) is 1. The summed E-state index contributed by atoms with van der Waals surface area (Å²) in [6.07, 6.45) is 1.52. The van der Waals surface area contributed by atoms with Gasteiger partial charge < -0.3 is 14.4 Å². The molecule has 1 atom stereocenters. The molecule has 1 saturated heterocycles. The number of aliphatic hydroxyl groups excluding tert-OH is 1. The van der Waals surface area contributed by atoms with Crippen molar-refractivity contribution in [3.63, 3.8) is 0 Å². The molecule has 1 fully saturated rings. The number of carbonyl (C=O) groups excluding carboxylic acids is 2. The maximum atomic E-state index is 12.9. The molecule has 0 saturated carbocycles. The molecule has 1 aliphatic heterocycles. The minimum absolute atomic E-state index is 0.0741. The third-order valence-electron chi connectivity index (χ3n) is 4.68. The highest BCUT2D eigenvalue weighted by Gasteiger charge is 2.46. The Morgan fingerprint density at radius 3 is 2.36 bits per heavy atom. The van der Waals surface area contributed by atoms with Gasteiger partial charge in [-0.05, 0) is 29.8 Å². The number of carbonyl (C=O) groups is 2. The molecule has 1 unspecified atom stereocenters. The van der Waals surface area contributed by atoms with E-state index in [4.69, 9.17) is 4.42 Å². The molecule has 0 radical (unpaired) electrons. The van der Waals surface area contributed by atoms with Gasteiger partial charge in [0.1, 0.15) is 11.5 Å². The lowest BCUT2D eigenvalue weighted by molar-refractivity contribution is -0.140. The van der Waals surface area contributed by atoms with Gasteiger partial charge in [0.15, 0.2) is 0 Å². The highest BCUT2D eigenvalue weighted by molar-refractivity contribution is 9.10. The first-order valence-electron chi connectivity index (χ1n) is 8.68. The van der Waals surface area contributed by atoms with E-state index >= 15 is 0 Å². The van der Waals surface area contributed by atoms with Crippen molar-refractivity contribution in [3.8, 4) is 0 Å². The normalized spacial score (nSPS) is 18.6. The summed E-state index contributed by atoms with van der Waals surface area (Å²) in [5.74, 6) is -1.00. The Labute approximate surface area is 170 Å². The highest BCUT2D eigenvalue weighted by atomic mass is 79.9. The van der Waals surface area contributed by atoms with Gasteiger partial charge in [0, 0.05) is 10.0 Å². The summed E-state index contributed by atoms with van der Waals surface area (Å²) in [5.41, 5.74) is 1.29. The largest absolute Gasteiger partial charge is 0.507 e. The smallest absolute Gasteiger partial charge is 0.296 e. The van der Waals surface area contributed by atoms with Crippen LogP contribution in [0.15, 0.2) is 87.5 Å². The van der Waals surface area contributed by atoms with Gasteiger partial charge in [-0.3, -0.25) is 9.59 Å². The lowest BCUT2D eigenvalue weighted by Crippen LogP contribution is -2.29. The van der Waals surface area contributed by atoms with Crippen LogP contribution in [0.5, 0.6) is 0 Å². The Kier molecular flexibility index (Phi) is 4.88. The number of benzene rings is 2. The lowest BCUT2D eigenvalue weighted by atomic mass is 9.95. The average molecular weight is 438 g/mol. The van der Waals surface area contributed by atoms with Crippen molar-refractivity contribution in [1.29, 1.82) is 0 Å². The second-order valence-electron chi connectivity index (χ2n) is 6.42. The zero-order chi connectivity index (χ0) is 19.7. The summed E-state index contributed by atoms with van der Waals surface area (Å²) in [6.45, 7) is 0.133. The van der Waals surface area contributed by atoms with Crippen LogP contribution in [0.4, 0.5) is 0 Å². The lowest BCUT2D eigenvalue weighted by Gasteiger charge is -2.24. The molecular weight excluding hydrogens is 422 g/mol. The molecule has 1 amide bonds. The Morgan fingerprint density at radius 1 is 1.00 bits per heavy atom. The summed E-state index contributed by atoms with van der Waals surface area (Å²) < 4.78 is 6.22. The van der Waals surface area contributed by atoms with E-state index in [2.05, 4.69) is 15.9 Å². The number of Topliss-reactive ketones (excluding diaryl/α,β-unsaturated/α-hetero) is 1. The Balaban J connectivity index is 1.85. The van der Waals surface area contributed by atoms with Gasteiger partial charge in [0.25, 0.3) is 11.7 Å². The first-order chi connectivity index (χ1) is 13.6. The first-order valence-corrected chi connectivity index (χ1v) is 9.47. The van der Waals surface area contributed by atoms with E-state index < -0.39 is 17.7 Å².